The van der Waals surface area contributed by atoms with Crippen molar-refractivity contribution >= 4 is 0 Å². The molecule has 0 aromatic rings. The number of nitrogens with zero attached hydrogens (tertiary/aromatic N) is 1. The quantitative estimate of drug-likeness (QED) is 0.408. The highest BCUT2D eigenvalue weighted by Crippen LogP contribution is 2.10. The van der Waals surface area contributed by atoms with E-state index < -0.39 is 6.10 Å². The fraction of sp³-hybridized carbons (Fsp3) is 1.00. The minimum absolute atomic E-state index is 0. The van der Waals surface area contributed by atoms with E-state index >= 15 is 0 Å². The lowest BCUT2D eigenvalue weighted by Crippen LogP contribution is -3.00. The van der Waals surface area contributed by atoms with Gasteiger partial charge in [0.2, 0.25) is 0 Å². The van der Waals surface area contributed by atoms with Gasteiger partial charge in [0.1, 0.15) is 18.7 Å². The molecule has 14 heavy (non-hydrogen) atoms. The predicted octanol–water partition coefficient (Wildman–Crippen LogP) is -3.81. The molecule has 0 fully saturated rings. The van der Waals surface area contributed by atoms with Gasteiger partial charge in [-0.3, -0.25) is 0 Å². The van der Waals surface area contributed by atoms with Crippen LogP contribution in [0.3, 0.4) is 0 Å². The van der Waals surface area contributed by atoms with Gasteiger partial charge < -0.3 is 32.2 Å². The van der Waals surface area contributed by atoms with E-state index in [1.165, 1.54) is 0 Å². The lowest BCUT2D eigenvalue weighted by Gasteiger charge is -2.37. The van der Waals surface area contributed by atoms with Crippen molar-refractivity contribution in [2.75, 3.05) is 33.9 Å². The van der Waals surface area contributed by atoms with Crippen LogP contribution in [0.15, 0.2) is 0 Å². The molecule has 0 aliphatic rings. The molecular weight excluding hydrogens is 206 g/mol. The van der Waals surface area contributed by atoms with Crippen LogP contribution in [0, 0.1) is 0 Å². The van der Waals surface area contributed by atoms with Crippen LogP contribution in [0.4, 0.5) is 0 Å². The average Bonchev–Trinajstić information content (AvgIpc) is 2.05. The average molecular weight is 228 g/mol. The topological polar surface area (TPSA) is 60.7 Å². The van der Waals surface area contributed by atoms with E-state index in [2.05, 4.69) is 0 Å². The van der Waals surface area contributed by atoms with E-state index in [0.717, 1.165) is 6.42 Å². The van der Waals surface area contributed by atoms with Crippen molar-refractivity contribution in [3.63, 3.8) is 0 Å². The predicted molar refractivity (Wildman–Crippen MR) is 51.2 cm³/mol. The standard InChI is InChI=1S/C9H22NO3.ClH/c1-4-8(6-11)10(2,3)5-9(13)7-12;/h8-9,11-13H,4-7H2,1-3H3;1H/q+1;/p-1. The monoisotopic (exact) mass is 227 g/mol. The molecule has 2 unspecified atom stereocenters. The maximum atomic E-state index is 9.29. The van der Waals surface area contributed by atoms with Crippen LogP contribution in [-0.2, 0) is 0 Å². The molecule has 0 spiro atoms. The van der Waals surface area contributed by atoms with Crippen LogP contribution in [0.5, 0.6) is 0 Å². The van der Waals surface area contributed by atoms with Gasteiger partial charge in [-0.05, 0) is 6.42 Å². The zero-order valence-corrected chi connectivity index (χ0v) is 9.91. The number of likely N-dealkylation sites (N-methyl/N-ethyl adjacent to an activating group) is 1. The van der Waals surface area contributed by atoms with E-state index in [1.54, 1.807) is 0 Å². The second-order valence-corrected chi connectivity index (χ2v) is 4.04. The molecule has 0 aromatic carbocycles. The normalized spacial score (nSPS) is 15.9. The Hall–Kier alpha value is 0.130. The highest BCUT2D eigenvalue weighted by molar-refractivity contribution is 4.57. The van der Waals surface area contributed by atoms with Gasteiger partial charge in [-0.25, -0.2) is 0 Å². The second kappa shape index (κ2) is 7.43. The van der Waals surface area contributed by atoms with E-state index in [1.807, 2.05) is 21.0 Å². The lowest BCUT2D eigenvalue weighted by molar-refractivity contribution is -0.918. The van der Waals surface area contributed by atoms with Crippen molar-refractivity contribution in [3.8, 4) is 0 Å². The zero-order chi connectivity index (χ0) is 10.5. The van der Waals surface area contributed by atoms with Crippen LogP contribution in [0.1, 0.15) is 13.3 Å². The SMILES string of the molecule is CCC(CO)[N+](C)(C)CC(O)CO.[Cl-]. The maximum Gasteiger partial charge on any atom is 0.126 e. The first-order chi connectivity index (χ1) is 5.97. The van der Waals surface area contributed by atoms with Gasteiger partial charge in [-0.15, -0.1) is 0 Å². The number of aliphatic hydroxyl groups excluding tert-OH is 3. The number of halogens is 1. The molecule has 4 nitrogen and oxygen atoms in total. The third-order valence-electron chi connectivity index (χ3n) is 2.56. The molecule has 5 heteroatoms. The van der Waals surface area contributed by atoms with Crippen LogP contribution in [0.2, 0.25) is 0 Å². The highest BCUT2D eigenvalue weighted by Gasteiger charge is 2.28. The van der Waals surface area contributed by atoms with Gasteiger partial charge in [0.05, 0.1) is 27.3 Å². The molecule has 3 N–H and O–H groups in total. The summed E-state index contributed by atoms with van der Waals surface area (Å²) < 4.78 is 0.536. The Kier molecular flexibility index (Phi) is 8.78. The van der Waals surface area contributed by atoms with E-state index in [4.69, 9.17) is 10.2 Å². The number of rotatable bonds is 6. The van der Waals surface area contributed by atoms with E-state index in [0.29, 0.717) is 11.0 Å². The Labute approximate surface area is 92.2 Å². The second-order valence-electron chi connectivity index (χ2n) is 4.04. The molecule has 0 heterocycles. The van der Waals surface area contributed by atoms with Gasteiger partial charge in [0.15, 0.2) is 0 Å². The molecular formula is C9H22ClNO3. The van der Waals surface area contributed by atoms with Crippen molar-refractivity contribution in [1.29, 1.82) is 0 Å². The molecule has 0 amide bonds. The Bertz CT molecular complexity index is 140. The summed E-state index contributed by atoms with van der Waals surface area (Å²) in [5, 5.41) is 27.1. The summed E-state index contributed by atoms with van der Waals surface area (Å²) >= 11 is 0. The molecule has 0 bridgehead atoms. The Morgan fingerprint density at radius 3 is 1.93 bits per heavy atom. The van der Waals surface area contributed by atoms with Crippen LogP contribution in [0.25, 0.3) is 0 Å². The molecule has 0 aliphatic heterocycles. The van der Waals surface area contributed by atoms with Crippen molar-refractivity contribution in [3.05, 3.63) is 0 Å². The largest absolute Gasteiger partial charge is 1.00 e. The first-order valence-electron chi connectivity index (χ1n) is 4.70. The summed E-state index contributed by atoms with van der Waals surface area (Å²) in [5.41, 5.74) is 0. The van der Waals surface area contributed by atoms with Crippen LogP contribution >= 0.6 is 0 Å². The summed E-state index contributed by atoms with van der Waals surface area (Å²) in [6, 6.07) is 0.126. The molecule has 88 valence electrons. The third kappa shape index (κ3) is 5.12. The number of hydrogen-bond donors (Lipinski definition) is 3. The fourth-order valence-electron chi connectivity index (χ4n) is 1.59. The fourth-order valence-corrected chi connectivity index (χ4v) is 1.59. The Morgan fingerprint density at radius 1 is 1.14 bits per heavy atom. The van der Waals surface area contributed by atoms with E-state index in [9.17, 15) is 5.11 Å². The molecule has 0 saturated heterocycles. The van der Waals surface area contributed by atoms with Crippen molar-refractivity contribution in [2.24, 2.45) is 0 Å². The molecule has 2 atom stereocenters. The number of hydrogen-bond acceptors (Lipinski definition) is 3. The van der Waals surface area contributed by atoms with Gasteiger partial charge in [-0.1, -0.05) is 6.92 Å². The zero-order valence-electron chi connectivity index (χ0n) is 9.15. The van der Waals surface area contributed by atoms with Gasteiger partial charge in [-0.2, -0.15) is 0 Å². The maximum absolute atomic E-state index is 9.29. The van der Waals surface area contributed by atoms with Gasteiger partial charge in [0, 0.05) is 0 Å². The summed E-state index contributed by atoms with van der Waals surface area (Å²) in [6.45, 7) is 2.37. The lowest BCUT2D eigenvalue weighted by atomic mass is 10.1. The van der Waals surface area contributed by atoms with Crippen molar-refractivity contribution in [2.45, 2.75) is 25.5 Å². The molecule has 0 radical (unpaired) electrons. The molecule has 0 saturated carbocycles. The number of aliphatic hydroxyl groups is 3. The minimum Gasteiger partial charge on any atom is -1.00 e. The van der Waals surface area contributed by atoms with Crippen molar-refractivity contribution in [1.82, 2.24) is 0 Å². The summed E-state index contributed by atoms with van der Waals surface area (Å²) in [4.78, 5) is 0. The molecule has 0 rings (SSSR count). The number of quaternary nitrogens is 1. The van der Waals surface area contributed by atoms with Crippen LogP contribution < -0.4 is 12.4 Å². The first-order valence-corrected chi connectivity index (χ1v) is 4.70. The smallest absolute Gasteiger partial charge is 0.126 e. The minimum atomic E-state index is -0.699. The third-order valence-corrected chi connectivity index (χ3v) is 2.56. The summed E-state index contributed by atoms with van der Waals surface area (Å²) in [6.07, 6.45) is 0.164. The van der Waals surface area contributed by atoms with Gasteiger partial charge in [0.25, 0.3) is 0 Å². The Morgan fingerprint density at radius 2 is 1.64 bits per heavy atom. The molecule has 0 aromatic heterocycles. The highest BCUT2D eigenvalue weighted by atomic mass is 35.5. The van der Waals surface area contributed by atoms with Crippen LogP contribution in [-0.4, -0.2) is 65.8 Å². The first kappa shape index (κ1) is 16.6. The summed E-state index contributed by atoms with van der Waals surface area (Å²) in [5.74, 6) is 0. The van der Waals surface area contributed by atoms with Gasteiger partial charge >= 0.3 is 0 Å². The van der Waals surface area contributed by atoms with Crippen molar-refractivity contribution < 1.29 is 32.2 Å². The summed E-state index contributed by atoms with van der Waals surface area (Å²) in [7, 11) is 3.90. The molecule has 0 aliphatic carbocycles. The Balaban J connectivity index is 0. The van der Waals surface area contributed by atoms with E-state index in [-0.39, 0.29) is 31.7 Å².